The van der Waals surface area contributed by atoms with E-state index in [9.17, 15) is 4.79 Å². The second-order valence-corrected chi connectivity index (χ2v) is 4.11. The zero-order valence-electron chi connectivity index (χ0n) is 11.0. The summed E-state index contributed by atoms with van der Waals surface area (Å²) in [6.07, 6.45) is 0.923. The van der Waals surface area contributed by atoms with Crippen LogP contribution in [-0.2, 0) is 4.79 Å². The smallest absolute Gasteiger partial charge is 0.164 e. The molecule has 2 aromatic rings. The minimum atomic E-state index is -0.355. The molecule has 1 atom stereocenters. The van der Waals surface area contributed by atoms with Gasteiger partial charge in [0.15, 0.2) is 11.5 Å². The molecular weight excluding hydrogens is 240 g/mol. The highest BCUT2D eigenvalue weighted by molar-refractivity contribution is 5.71. The van der Waals surface area contributed by atoms with E-state index in [1.807, 2.05) is 48.5 Å². The SMILES string of the molecule is COc1cccc(C(C=O)c2ccccc2)c1OC. The molecule has 0 amide bonds. The van der Waals surface area contributed by atoms with Gasteiger partial charge in [0.2, 0.25) is 0 Å². The molecule has 0 bridgehead atoms. The molecule has 3 nitrogen and oxygen atoms in total. The molecule has 0 N–H and O–H groups in total. The normalized spacial score (nSPS) is 11.7. The van der Waals surface area contributed by atoms with Crippen LogP contribution in [0.25, 0.3) is 0 Å². The Hall–Kier alpha value is -2.29. The number of ether oxygens (including phenoxy) is 2. The Balaban J connectivity index is 2.53. The highest BCUT2D eigenvalue weighted by Crippen LogP contribution is 2.37. The van der Waals surface area contributed by atoms with Crippen LogP contribution >= 0.6 is 0 Å². The summed E-state index contributed by atoms with van der Waals surface area (Å²) in [5.74, 6) is 0.875. The van der Waals surface area contributed by atoms with Gasteiger partial charge in [0.05, 0.1) is 20.1 Å². The fourth-order valence-corrected chi connectivity index (χ4v) is 2.15. The van der Waals surface area contributed by atoms with Crippen LogP contribution in [0.2, 0.25) is 0 Å². The summed E-state index contributed by atoms with van der Waals surface area (Å²) >= 11 is 0. The maximum Gasteiger partial charge on any atom is 0.164 e. The number of rotatable bonds is 5. The fourth-order valence-electron chi connectivity index (χ4n) is 2.15. The van der Waals surface area contributed by atoms with Crippen molar-refractivity contribution in [1.29, 1.82) is 0 Å². The Morgan fingerprint density at radius 2 is 1.68 bits per heavy atom. The highest BCUT2D eigenvalue weighted by Gasteiger charge is 2.19. The van der Waals surface area contributed by atoms with Crippen LogP contribution in [0, 0.1) is 0 Å². The van der Waals surface area contributed by atoms with Crippen molar-refractivity contribution in [2.75, 3.05) is 14.2 Å². The molecule has 0 fully saturated rings. The minimum Gasteiger partial charge on any atom is -0.493 e. The molecule has 0 spiro atoms. The summed E-state index contributed by atoms with van der Waals surface area (Å²) in [5, 5.41) is 0. The van der Waals surface area contributed by atoms with Gasteiger partial charge >= 0.3 is 0 Å². The average molecular weight is 256 g/mol. The zero-order valence-corrected chi connectivity index (χ0v) is 11.0. The summed E-state index contributed by atoms with van der Waals surface area (Å²) in [4.78, 5) is 11.5. The minimum absolute atomic E-state index is 0.355. The van der Waals surface area contributed by atoms with E-state index < -0.39 is 0 Å². The lowest BCUT2D eigenvalue weighted by Gasteiger charge is -2.17. The van der Waals surface area contributed by atoms with Gasteiger partial charge in [-0.05, 0) is 11.6 Å². The Morgan fingerprint density at radius 3 is 2.26 bits per heavy atom. The number of methoxy groups -OCH3 is 2. The van der Waals surface area contributed by atoms with Gasteiger partial charge in [-0.2, -0.15) is 0 Å². The first kappa shape index (κ1) is 13.1. The van der Waals surface area contributed by atoms with E-state index in [0.29, 0.717) is 11.5 Å². The Bertz CT molecular complexity index is 549. The molecule has 0 aliphatic rings. The largest absolute Gasteiger partial charge is 0.493 e. The number of carbonyl (C=O) groups excluding carboxylic acids is 1. The van der Waals surface area contributed by atoms with Crippen LogP contribution in [0.1, 0.15) is 17.0 Å². The standard InChI is InChI=1S/C16H16O3/c1-18-15-10-6-9-13(16(15)19-2)14(11-17)12-7-4-3-5-8-12/h3-11,14H,1-2H3. The lowest BCUT2D eigenvalue weighted by molar-refractivity contribution is -0.108. The van der Waals surface area contributed by atoms with Gasteiger partial charge in [-0.3, -0.25) is 0 Å². The predicted molar refractivity (Wildman–Crippen MR) is 73.9 cm³/mol. The molecule has 0 aromatic heterocycles. The molecule has 0 aliphatic carbocycles. The van der Waals surface area contributed by atoms with Crippen molar-refractivity contribution in [3.8, 4) is 11.5 Å². The molecule has 98 valence electrons. The van der Waals surface area contributed by atoms with E-state index in [2.05, 4.69) is 0 Å². The monoisotopic (exact) mass is 256 g/mol. The van der Waals surface area contributed by atoms with Gasteiger partial charge in [0, 0.05) is 5.56 Å². The topological polar surface area (TPSA) is 35.5 Å². The Morgan fingerprint density at radius 1 is 0.947 bits per heavy atom. The van der Waals surface area contributed by atoms with Gasteiger partial charge in [-0.15, -0.1) is 0 Å². The third-order valence-corrected chi connectivity index (χ3v) is 3.06. The number of aldehydes is 1. The van der Waals surface area contributed by atoms with Crippen molar-refractivity contribution in [3.63, 3.8) is 0 Å². The second-order valence-electron chi connectivity index (χ2n) is 4.11. The average Bonchev–Trinajstić information content (AvgIpc) is 2.48. The van der Waals surface area contributed by atoms with Gasteiger partial charge < -0.3 is 14.3 Å². The molecule has 0 aliphatic heterocycles. The zero-order chi connectivity index (χ0) is 13.7. The highest BCUT2D eigenvalue weighted by atomic mass is 16.5. The molecule has 0 radical (unpaired) electrons. The first-order valence-corrected chi connectivity index (χ1v) is 6.03. The Labute approximate surface area is 112 Å². The third-order valence-electron chi connectivity index (χ3n) is 3.06. The van der Waals surface area contributed by atoms with Crippen LogP contribution in [0.3, 0.4) is 0 Å². The van der Waals surface area contributed by atoms with Gasteiger partial charge in [-0.25, -0.2) is 0 Å². The molecule has 19 heavy (non-hydrogen) atoms. The number of benzene rings is 2. The molecular formula is C16H16O3. The quantitative estimate of drug-likeness (QED) is 0.771. The van der Waals surface area contributed by atoms with Gasteiger partial charge in [-0.1, -0.05) is 42.5 Å². The summed E-state index contributed by atoms with van der Waals surface area (Å²) in [6, 6.07) is 15.2. The van der Waals surface area contributed by atoms with Crippen molar-refractivity contribution in [3.05, 3.63) is 59.7 Å². The molecule has 0 saturated carbocycles. The van der Waals surface area contributed by atoms with E-state index in [-0.39, 0.29) is 5.92 Å². The van der Waals surface area contributed by atoms with E-state index in [0.717, 1.165) is 17.4 Å². The predicted octanol–water partition coefficient (Wildman–Crippen LogP) is 3.03. The summed E-state index contributed by atoms with van der Waals surface area (Å²) in [7, 11) is 3.16. The first-order chi connectivity index (χ1) is 9.31. The number of hydrogen-bond acceptors (Lipinski definition) is 3. The van der Waals surface area contributed by atoms with E-state index in [1.54, 1.807) is 14.2 Å². The summed E-state index contributed by atoms with van der Waals surface area (Å²) in [6.45, 7) is 0. The van der Waals surface area contributed by atoms with Gasteiger partial charge in [0.25, 0.3) is 0 Å². The van der Waals surface area contributed by atoms with Crippen LogP contribution in [0.15, 0.2) is 48.5 Å². The van der Waals surface area contributed by atoms with E-state index in [1.165, 1.54) is 0 Å². The molecule has 0 heterocycles. The fraction of sp³-hybridized carbons (Fsp3) is 0.188. The molecule has 2 aromatic carbocycles. The van der Waals surface area contributed by atoms with Crippen LogP contribution in [0.4, 0.5) is 0 Å². The maximum absolute atomic E-state index is 11.5. The maximum atomic E-state index is 11.5. The summed E-state index contributed by atoms with van der Waals surface area (Å²) in [5.41, 5.74) is 1.74. The summed E-state index contributed by atoms with van der Waals surface area (Å²) < 4.78 is 10.7. The Kier molecular flexibility index (Phi) is 4.18. The van der Waals surface area contributed by atoms with Crippen molar-refractivity contribution in [1.82, 2.24) is 0 Å². The number of para-hydroxylation sites is 1. The molecule has 1 unspecified atom stereocenters. The molecule has 0 saturated heterocycles. The lowest BCUT2D eigenvalue weighted by atomic mass is 9.92. The van der Waals surface area contributed by atoms with Gasteiger partial charge in [0.1, 0.15) is 6.29 Å². The van der Waals surface area contributed by atoms with E-state index >= 15 is 0 Å². The first-order valence-electron chi connectivity index (χ1n) is 6.03. The van der Waals surface area contributed by atoms with Crippen LogP contribution in [-0.4, -0.2) is 20.5 Å². The number of carbonyl (C=O) groups is 1. The lowest BCUT2D eigenvalue weighted by Crippen LogP contribution is -2.05. The van der Waals surface area contributed by atoms with Crippen molar-refractivity contribution >= 4 is 6.29 Å². The van der Waals surface area contributed by atoms with E-state index in [4.69, 9.17) is 9.47 Å². The number of hydrogen-bond donors (Lipinski definition) is 0. The second kappa shape index (κ2) is 6.05. The molecule has 2 rings (SSSR count). The van der Waals surface area contributed by atoms with Crippen molar-refractivity contribution < 1.29 is 14.3 Å². The van der Waals surface area contributed by atoms with Crippen LogP contribution < -0.4 is 9.47 Å². The third kappa shape index (κ3) is 2.60. The molecule has 3 heteroatoms. The van der Waals surface area contributed by atoms with Crippen molar-refractivity contribution in [2.24, 2.45) is 0 Å². The van der Waals surface area contributed by atoms with Crippen molar-refractivity contribution in [2.45, 2.75) is 5.92 Å². The van der Waals surface area contributed by atoms with Crippen LogP contribution in [0.5, 0.6) is 11.5 Å².